The average Bonchev–Trinajstić information content (AvgIpc) is 2.66. The standard InChI is InChI=1S/C13H15ClF2/c1-12(15,16)13(7-2-3-8-13)10-5-4-6-11(14)9-10/h4-6,9H,2-3,7-8H2,1H3. The molecular weight excluding hydrogens is 230 g/mol. The van der Waals surface area contributed by atoms with Crippen molar-refractivity contribution in [1.82, 2.24) is 0 Å². The summed E-state index contributed by atoms with van der Waals surface area (Å²) in [4.78, 5) is 0. The van der Waals surface area contributed by atoms with Crippen LogP contribution in [0, 0.1) is 0 Å². The van der Waals surface area contributed by atoms with Crippen molar-refractivity contribution in [2.45, 2.75) is 43.9 Å². The maximum absolute atomic E-state index is 13.9. The lowest BCUT2D eigenvalue weighted by molar-refractivity contribution is -0.0599. The van der Waals surface area contributed by atoms with Crippen LogP contribution in [0.15, 0.2) is 24.3 Å². The highest BCUT2D eigenvalue weighted by Gasteiger charge is 2.52. The zero-order valence-corrected chi connectivity index (χ0v) is 10.0. The monoisotopic (exact) mass is 244 g/mol. The van der Waals surface area contributed by atoms with E-state index in [-0.39, 0.29) is 0 Å². The lowest BCUT2D eigenvalue weighted by Gasteiger charge is -2.35. The van der Waals surface area contributed by atoms with Crippen LogP contribution < -0.4 is 0 Å². The van der Waals surface area contributed by atoms with E-state index in [1.807, 2.05) is 0 Å². The molecule has 0 aliphatic heterocycles. The van der Waals surface area contributed by atoms with Gasteiger partial charge in [-0.05, 0) is 30.5 Å². The van der Waals surface area contributed by atoms with Crippen molar-refractivity contribution < 1.29 is 8.78 Å². The van der Waals surface area contributed by atoms with E-state index in [2.05, 4.69) is 0 Å². The normalized spacial score (nSPS) is 20.0. The minimum atomic E-state index is -2.69. The summed E-state index contributed by atoms with van der Waals surface area (Å²) >= 11 is 5.89. The summed E-state index contributed by atoms with van der Waals surface area (Å²) in [7, 11) is 0. The van der Waals surface area contributed by atoms with Crippen LogP contribution in [0.25, 0.3) is 0 Å². The summed E-state index contributed by atoms with van der Waals surface area (Å²) < 4.78 is 27.7. The summed E-state index contributed by atoms with van der Waals surface area (Å²) in [6, 6.07) is 6.93. The summed E-state index contributed by atoms with van der Waals surface area (Å²) in [5.41, 5.74) is -0.317. The Kier molecular flexibility index (Phi) is 2.95. The predicted molar refractivity (Wildman–Crippen MR) is 62.2 cm³/mol. The molecule has 0 atom stereocenters. The molecule has 3 heteroatoms. The van der Waals surface area contributed by atoms with E-state index in [0.717, 1.165) is 19.8 Å². The second-order valence-corrected chi connectivity index (χ2v) is 5.12. The summed E-state index contributed by atoms with van der Waals surface area (Å²) in [5.74, 6) is -2.69. The molecule has 0 aromatic heterocycles. The summed E-state index contributed by atoms with van der Waals surface area (Å²) in [6.07, 6.45) is 2.85. The fourth-order valence-corrected chi connectivity index (χ4v) is 2.94. The molecular formula is C13H15ClF2. The second kappa shape index (κ2) is 3.99. The van der Waals surface area contributed by atoms with Gasteiger partial charge in [-0.3, -0.25) is 0 Å². The first-order chi connectivity index (χ1) is 7.46. The van der Waals surface area contributed by atoms with Crippen LogP contribution in [0.1, 0.15) is 38.2 Å². The van der Waals surface area contributed by atoms with Gasteiger partial charge >= 0.3 is 0 Å². The van der Waals surface area contributed by atoms with Crippen molar-refractivity contribution in [2.24, 2.45) is 0 Å². The molecule has 1 saturated carbocycles. The summed E-state index contributed by atoms with van der Waals surface area (Å²) in [6.45, 7) is 1.03. The van der Waals surface area contributed by atoms with Crippen LogP contribution in [0.3, 0.4) is 0 Å². The van der Waals surface area contributed by atoms with Crippen molar-refractivity contribution in [3.05, 3.63) is 34.9 Å². The first-order valence-corrected chi connectivity index (χ1v) is 5.97. The number of benzene rings is 1. The van der Waals surface area contributed by atoms with E-state index in [0.29, 0.717) is 23.4 Å². The van der Waals surface area contributed by atoms with Crippen molar-refractivity contribution in [1.29, 1.82) is 0 Å². The SMILES string of the molecule is CC(F)(F)C1(c2cccc(Cl)c2)CCCC1. The topological polar surface area (TPSA) is 0 Å². The van der Waals surface area contributed by atoms with Gasteiger partial charge in [0.25, 0.3) is 5.92 Å². The maximum atomic E-state index is 13.9. The van der Waals surface area contributed by atoms with Crippen molar-refractivity contribution >= 4 is 11.6 Å². The minimum absolute atomic E-state index is 0.535. The fourth-order valence-electron chi connectivity index (χ4n) is 2.75. The van der Waals surface area contributed by atoms with Gasteiger partial charge in [-0.1, -0.05) is 36.6 Å². The molecule has 0 amide bonds. The largest absolute Gasteiger partial charge is 0.254 e. The van der Waals surface area contributed by atoms with E-state index < -0.39 is 11.3 Å². The van der Waals surface area contributed by atoms with E-state index in [4.69, 9.17) is 11.6 Å². The number of hydrogen-bond acceptors (Lipinski definition) is 0. The van der Waals surface area contributed by atoms with Crippen molar-refractivity contribution in [3.8, 4) is 0 Å². The zero-order valence-electron chi connectivity index (χ0n) is 9.27. The Hall–Kier alpha value is -0.630. The van der Waals surface area contributed by atoms with E-state index >= 15 is 0 Å². The van der Waals surface area contributed by atoms with Gasteiger partial charge < -0.3 is 0 Å². The predicted octanol–water partition coefficient (Wildman–Crippen LogP) is 4.81. The van der Waals surface area contributed by atoms with Crippen LogP contribution in [0.5, 0.6) is 0 Å². The molecule has 0 nitrogen and oxygen atoms in total. The van der Waals surface area contributed by atoms with Crippen LogP contribution in [-0.4, -0.2) is 5.92 Å². The summed E-state index contributed by atoms with van der Waals surface area (Å²) in [5, 5.41) is 0.535. The molecule has 1 aliphatic rings. The quantitative estimate of drug-likeness (QED) is 0.701. The fraction of sp³-hybridized carbons (Fsp3) is 0.538. The molecule has 0 unspecified atom stereocenters. The molecule has 0 radical (unpaired) electrons. The van der Waals surface area contributed by atoms with E-state index in [1.165, 1.54) is 0 Å². The van der Waals surface area contributed by atoms with Crippen LogP contribution in [-0.2, 0) is 5.41 Å². The molecule has 1 fully saturated rings. The molecule has 0 spiro atoms. The molecule has 88 valence electrons. The lowest BCUT2D eigenvalue weighted by Crippen LogP contribution is -2.40. The smallest absolute Gasteiger partial charge is 0.206 e. The van der Waals surface area contributed by atoms with Crippen molar-refractivity contribution in [3.63, 3.8) is 0 Å². The highest BCUT2D eigenvalue weighted by atomic mass is 35.5. The molecule has 0 bridgehead atoms. The molecule has 0 saturated heterocycles. The maximum Gasteiger partial charge on any atom is 0.254 e. The molecule has 0 heterocycles. The van der Waals surface area contributed by atoms with Gasteiger partial charge in [-0.25, -0.2) is 8.78 Å². The number of rotatable bonds is 2. The Labute approximate surface area is 99.6 Å². The molecule has 16 heavy (non-hydrogen) atoms. The molecule has 1 aliphatic carbocycles. The van der Waals surface area contributed by atoms with E-state index in [9.17, 15) is 8.78 Å². The van der Waals surface area contributed by atoms with Gasteiger partial charge in [0.2, 0.25) is 0 Å². The highest BCUT2D eigenvalue weighted by molar-refractivity contribution is 6.30. The first kappa shape index (κ1) is 11.8. The Morgan fingerprint density at radius 1 is 1.25 bits per heavy atom. The van der Waals surface area contributed by atoms with Gasteiger partial charge in [0.1, 0.15) is 0 Å². The number of hydrogen-bond donors (Lipinski definition) is 0. The van der Waals surface area contributed by atoms with E-state index in [1.54, 1.807) is 24.3 Å². The number of alkyl halides is 2. The minimum Gasteiger partial charge on any atom is -0.206 e. The third-order valence-electron chi connectivity index (χ3n) is 3.67. The molecule has 2 rings (SSSR count). The Morgan fingerprint density at radius 3 is 2.38 bits per heavy atom. The van der Waals surface area contributed by atoms with Gasteiger partial charge in [-0.2, -0.15) is 0 Å². The average molecular weight is 245 g/mol. The van der Waals surface area contributed by atoms with Gasteiger partial charge in [0.15, 0.2) is 0 Å². The Morgan fingerprint density at radius 2 is 1.88 bits per heavy atom. The Bertz CT molecular complexity index is 376. The van der Waals surface area contributed by atoms with Gasteiger partial charge in [0, 0.05) is 11.9 Å². The third kappa shape index (κ3) is 1.84. The first-order valence-electron chi connectivity index (χ1n) is 5.60. The molecule has 0 N–H and O–H groups in total. The Balaban J connectivity index is 2.48. The third-order valence-corrected chi connectivity index (χ3v) is 3.91. The van der Waals surface area contributed by atoms with Crippen LogP contribution in [0.2, 0.25) is 5.02 Å². The van der Waals surface area contributed by atoms with Gasteiger partial charge in [0.05, 0.1) is 5.41 Å². The number of halogens is 3. The molecule has 1 aromatic carbocycles. The van der Waals surface area contributed by atoms with Crippen LogP contribution >= 0.6 is 11.6 Å². The van der Waals surface area contributed by atoms with Crippen LogP contribution in [0.4, 0.5) is 8.78 Å². The van der Waals surface area contributed by atoms with Gasteiger partial charge in [-0.15, -0.1) is 0 Å². The lowest BCUT2D eigenvalue weighted by atomic mass is 9.74. The second-order valence-electron chi connectivity index (χ2n) is 4.69. The molecule has 1 aromatic rings. The van der Waals surface area contributed by atoms with Crippen molar-refractivity contribution in [2.75, 3.05) is 0 Å². The highest BCUT2D eigenvalue weighted by Crippen LogP contribution is 2.51. The zero-order chi connectivity index (χ0) is 11.8.